The van der Waals surface area contributed by atoms with E-state index in [2.05, 4.69) is 25.3 Å². The first-order valence-corrected chi connectivity index (χ1v) is 11.9. The van der Waals surface area contributed by atoms with Crippen LogP contribution >= 0.6 is 0 Å². The Hall–Kier alpha value is -1.90. The van der Waals surface area contributed by atoms with E-state index in [4.69, 9.17) is 4.74 Å². The van der Waals surface area contributed by atoms with E-state index in [1.165, 1.54) is 38.2 Å². The van der Waals surface area contributed by atoms with Gasteiger partial charge in [-0.15, -0.1) is 5.10 Å². The average Bonchev–Trinajstić information content (AvgIpc) is 3.49. The second kappa shape index (κ2) is 9.71. The first kappa shape index (κ1) is 21.0. The molecule has 3 fully saturated rings. The van der Waals surface area contributed by atoms with Crippen molar-refractivity contribution in [2.45, 2.75) is 69.7 Å². The molecule has 2 aliphatic heterocycles. The van der Waals surface area contributed by atoms with Crippen LogP contribution in [-0.2, 0) is 11.3 Å². The molecule has 3 aliphatic rings. The highest BCUT2D eigenvalue weighted by molar-refractivity contribution is 5.26. The SMILES string of the molecule is Fc1ccccc1C(c1nnnn1CC1CCCO1)N1CCN(C2CCCCC2)CC1. The third-order valence-corrected chi connectivity index (χ3v) is 7.21. The summed E-state index contributed by atoms with van der Waals surface area (Å²) >= 11 is 0. The molecule has 2 aromatic rings. The van der Waals surface area contributed by atoms with Gasteiger partial charge in [-0.05, 0) is 42.2 Å². The molecule has 8 heteroatoms. The number of aromatic nitrogens is 4. The predicted molar refractivity (Wildman–Crippen MR) is 115 cm³/mol. The van der Waals surface area contributed by atoms with Crippen LogP contribution in [0.15, 0.2) is 24.3 Å². The quantitative estimate of drug-likeness (QED) is 0.705. The summed E-state index contributed by atoms with van der Waals surface area (Å²) in [7, 11) is 0. The summed E-state index contributed by atoms with van der Waals surface area (Å²) in [6.45, 7) is 5.23. The number of benzene rings is 1. The molecular formula is C23H33FN6O. The van der Waals surface area contributed by atoms with Crippen LogP contribution in [0.3, 0.4) is 0 Å². The third-order valence-electron chi connectivity index (χ3n) is 7.21. The summed E-state index contributed by atoms with van der Waals surface area (Å²) in [6.07, 6.45) is 8.92. The van der Waals surface area contributed by atoms with Crippen LogP contribution in [0.4, 0.5) is 4.39 Å². The highest BCUT2D eigenvalue weighted by atomic mass is 19.1. The summed E-state index contributed by atoms with van der Waals surface area (Å²) < 4.78 is 22.6. The Labute approximate surface area is 183 Å². The van der Waals surface area contributed by atoms with Crippen molar-refractivity contribution >= 4 is 0 Å². The lowest BCUT2D eigenvalue weighted by molar-refractivity contribution is 0.0588. The second-order valence-electron chi connectivity index (χ2n) is 9.14. The van der Waals surface area contributed by atoms with Crippen LogP contribution in [0, 0.1) is 5.82 Å². The fraction of sp³-hybridized carbons (Fsp3) is 0.696. The van der Waals surface area contributed by atoms with Crippen molar-refractivity contribution < 1.29 is 9.13 Å². The number of tetrazole rings is 1. The van der Waals surface area contributed by atoms with Gasteiger partial charge < -0.3 is 4.74 Å². The molecule has 31 heavy (non-hydrogen) atoms. The number of halogens is 1. The maximum Gasteiger partial charge on any atom is 0.173 e. The number of rotatable bonds is 6. The van der Waals surface area contributed by atoms with Crippen LogP contribution < -0.4 is 0 Å². The molecule has 0 bridgehead atoms. The van der Waals surface area contributed by atoms with Gasteiger partial charge in [0.25, 0.3) is 0 Å². The summed E-state index contributed by atoms with van der Waals surface area (Å²) in [4.78, 5) is 5.00. The molecule has 0 spiro atoms. The smallest absolute Gasteiger partial charge is 0.173 e. The van der Waals surface area contributed by atoms with Crippen molar-refractivity contribution in [2.75, 3.05) is 32.8 Å². The van der Waals surface area contributed by atoms with Gasteiger partial charge in [0, 0.05) is 44.4 Å². The molecule has 1 saturated carbocycles. The Morgan fingerprint density at radius 2 is 1.81 bits per heavy atom. The Morgan fingerprint density at radius 1 is 1.00 bits per heavy atom. The maximum atomic E-state index is 15.0. The zero-order valence-corrected chi connectivity index (χ0v) is 18.2. The molecule has 1 aliphatic carbocycles. The summed E-state index contributed by atoms with van der Waals surface area (Å²) in [6, 6.07) is 7.48. The minimum absolute atomic E-state index is 0.131. The average molecular weight is 429 g/mol. The number of hydrogen-bond donors (Lipinski definition) is 0. The van der Waals surface area contributed by atoms with E-state index >= 15 is 0 Å². The van der Waals surface area contributed by atoms with Gasteiger partial charge in [0.2, 0.25) is 0 Å². The Morgan fingerprint density at radius 3 is 2.55 bits per heavy atom. The lowest BCUT2D eigenvalue weighted by Crippen LogP contribution is -2.52. The van der Waals surface area contributed by atoms with Crippen molar-refractivity contribution in [2.24, 2.45) is 0 Å². The first-order chi connectivity index (χ1) is 15.3. The van der Waals surface area contributed by atoms with Gasteiger partial charge >= 0.3 is 0 Å². The van der Waals surface area contributed by atoms with E-state index in [1.807, 2.05) is 16.8 Å². The fourth-order valence-corrected chi connectivity index (χ4v) is 5.52. The molecule has 168 valence electrons. The largest absolute Gasteiger partial charge is 0.376 e. The van der Waals surface area contributed by atoms with Gasteiger partial charge in [-0.2, -0.15) is 0 Å². The van der Waals surface area contributed by atoms with Gasteiger partial charge in [-0.3, -0.25) is 9.80 Å². The van der Waals surface area contributed by atoms with E-state index in [-0.39, 0.29) is 18.0 Å². The molecule has 2 saturated heterocycles. The molecule has 1 aromatic heterocycles. The second-order valence-corrected chi connectivity index (χ2v) is 9.14. The molecule has 0 N–H and O–H groups in total. The highest BCUT2D eigenvalue weighted by Gasteiger charge is 2.34. The predicted octanol–water partition coefficient (Wildman–Crippen LogP) is 3.03. The molecule has 7 nitrogen and oxygen atoms in total. The van der Waals surface area contributed by atoms with Crippen molar-refractivity contribution in [1.82, 2.24) is 30.0 Å². The fourth-order valence-electron chi connectivity index (χ4n) is 5.52. The van der Waals surface area contributed by atoms with E-state index < -0.39 is 0 Å². The van der Waals surface area contributed by atoms with Crippen molar-refractivity contribution in [3.8, 4) is 0 Å². The molecule has 2 unspecified atom stereocenters. The molecule has 0 amide bonds. The number of hydrogen-bond acceptors (Lipinski definition) is 6. The summed E-state index contributed by atoms with van der Waals surface area (Å²) in [5, 5.41) is 12.6. The third kappa shape index (κ3) is 4.66. The topological polar surface area (TPSA) is 59.3 Å². The van der Waals surface area contributed by atoms with Gasteiger partial charge in [-0.1, -0.05) is 37.5 Å². The van der Waals surface area contributed by atoms with Gasteiger partial charge in [-0.25, -0.2) is 9.07 Å². The zero-order valence-electron chi connectivity index (χ0n) is 18.2. The lowest BCUT2D eigenvalue weighted by Gasteiger charge is -2.43. The monoisotopic (exact) mass is 428 g/mol. The van der Waals surface area contributed by atoms with E-state index in [9.17, 15) is 4.39 Å². The number of nitrogens with zero attached hydrogens (tertiary/aromatic N) is 6. The Kier molecular flexibility index (Phi) is 6.57. The standard InChI is InChI=1S/C23H33FN6O/c24-21-11-5-4-10-20(21)22(23-25-26-27-30(23)17-19-9-6-16-31-19)29-14-12-28(13-15-29)18-7-2-1-3-8-18/h4-5,10-11,18-19,22H,1-3,6-9,12-17H2. The minimum atomic E-state index is -0.286. The minimum Gasteiger partial charge on any atom is -0.376 e. The van der Waals surface area contributed by atoms with Crippen LogP contribution in [0.5, 0.6) is 0 Å². The van der Waals surface area contributed by atoms with E-state index in [0.29, 0.717) is 24.0 Å². The summed E-state index contributed by atoms with van der Waals surface area (Å²) in [5.41, 5.74) is 0.650. The van der Waals surface area contributed by atoms with Crippen LogP contribution in [0.2, 0.25) is 0 Å². The normalized spacial score (nSPS) is 25.1. The highest BCUT2D eigenvalue weighted by Crippen LogP contribution is 2.32. The maximum absolute atomic E-state index is 15.0. The Balaban J connectivity index is 1.38. The number of piperazine rings is 1. The molecule has 1 aromatic carbocycles. The van der Waals surface area contributed by atoms with Crippen LogP contribution in [-0.4, -0.2) is 74.9 Å². The first-order valence-electron chi connectivity index (χ1n) is 11.9. The molecule has 3 heterocycles. The number of ether oxygens (including phenoxy) is 1. The molecular weight excluding hydrogens is 395 g/mol. The van der Waals surface area contributed by atoms with Crippen molar-refractivity contribution in [3.63, 3.8) is 0 Å². The van der Waals surface area contributed by atoms with E-state index in [0.717, 1.165) is 45.6 Å². The molecule has 2 atom stereocenters. The van der Waals surface area contributed by atoms with Crippen LogP contribution in [0.25, 0.3) is 0 Å². The molecule has 0 radical (unpaired) electrons. The van der Waals surface area contributed by atoms with Crippen molar-refractivity contribution in [1.29, 1.82) is 0 Å². The lowest BCUT2D eigenvalue weighted by atomic mass is 9.93. The van der Waals surface area contributed by atoms with Gasteiger partial charge in [0.1, 0.15) is 11.9 Å². The van der Waals surface area contributed by atoms with Gasteiger partial charge in [0.15, 0.2) is 5.82 Å². The van der Waals surface area contributed by atoms with Crippen LogP contribution in [0.1, 0.15) is 62.4 Å². The van der Waals surface area contributed by atoms with Crippen molar-refractivity contribution in [3.05, 3.63) is 41.5 Å². The summed E-state index contributed by atoms with van der Waals surface area (Å²) in [5.74, 6) is 0.514. The zero-order chi connectivity index (χ0) is 21.0. The van der Waals surface area contributed by atoms with Gasteiger partial charge in [0.05, 0.1) is 12.6 Å². The Bertz CT molecular complexity index is 840. The van der Waals surface area contributed by atoms with E-state index in [1.54, 1.807) is 6.07 Å². The molecule has 5 rings (SSSR count).